The number of carbonyl (C=O) groups is 4. The first-order chi connectivity index (χ1) is 41.0. The van der Waals surface area contributed by atoms with Crippen molar-refractivity contribution in [3.8, 4) is 23.0 Å². The summed E-state index contributed by atoms with van der Waals surface area (Å²) in [5.41, 5.74) is 14.2. The van der Waals surface area contributed by atoms with Gasteiger partial charge in [-0.25, -0.2) is 19.2 Å². The van der Waals surface area contributed by atoms with Crippen molar-refractivity contribution in [2.75, 3.05) is 52.9 Å². The summed E-state index contributed by atoms with van der Waals surface area (Å²) in [4.78, 5) is 53.8. The molecule has 1 aliphatic rings. The first-order valence-corrected chi connectivity index (χ1v) is 28.9. The maximum atomic E-state index is 13.5. The predicted molar refractivity (Wildman–Crippen MR) is 322 cm³/mol. The number of esters is 4. The third-order valence-electron chi connectivity index (χ3n) is 14.3. The summed E-state index contributed by atoms with van der Waals surface area (Å²) in [5, 5.41) is 0. The second kappa shape index (κ2) is 29.7. The Morgan fingerprint density at radius 3 is 0.619 bits per heavy atom. The van der Waals surface area contributed by atoms with Crippen LogP contribution in [0.3, 0.4) is 0 Å². The fourth-order valence-electron chi connectivity index (χ4n) is 11.0. The molecule has 0 heterocycles. The molecule has 8 aromatic rings. The van der Waals surface area contributed by atoms with Gasteiger partial charge in [-0.1, -0.05) is 170 Å². The van der Waals surface area contributed by atoms with Crippen molar-refractivity contribution in [3.05, 3.63) is 259 Å². The molecule has 0 spiro atoms. The average Bonchev–Trinajstić information content (AvgIpc) is 2.18. The number of hydrogen-bond donors (Lipinski definition) is 0. The van der Waals surface area contributed by atoms with Gasteiger partial charge in [0.05, 0.1) is 26.4 Å². The van der Waals surface area contributed by atoms with Crippen molar-refractivity contribution in [1.29, 1.82) is 0 Å². The predicted octanol–water partition coefficient (Wildman–Crippen LogP) is 12.5. The standard InChI is InChI=1S/C72H72O12/c1-5-77-65(73)45-81-69-57-33-53(29-49-21-13-9-14-22-49)34-58(69)42-60-36-55(31-51-25-17-11-18-26-51)38-62(71(60)83-47-67(75)79-7-3)44-64-40-56(32-52-27-19-12-20-28-52)39-63(72(64)84-48-68(76)80-8-4)43-61-37-54(30-50-23-15-10-16-24-50)35-59(41-57)70(61)82-46-66(74)78-6-2/h9-28,33-40H,5-8,29-32,41-48H2,1-4H3. The van der Waals surface area contributed by atoms with Gasteiger partial charge in [-0.05, 0) is 142 Å². The summed E-state index contributed by atoms with van der Waals surface area (Å²) in [6, 6.07) is 57.8. The molecule has 0 aromatic heterocycles. The molecule has 0 radical (unpaired) electrons. The minimum absolute atomic E-state index is 0.166. The summed E-state index contributed by atoms with van der Waals surface area (Å²) < 4.78 is 49.1. The van der Waals surface area contributed by atoms with Gasteiger partial charge < -0.3 is 37.9 Å². The van der Waals surface area contributed by atoms with Crippen LogP contribution in [0.1, 0.15) is 117 Å². The van der Waals surface area contributed by atoms with E-state index in [9.17, 15) is 19.2 Å². The second-order valence-electron chi connectivity index (χ2n) is 20.7. The highest BCUT2D eigenvalue weighted by Gasteiger charge is 2.27. The van der Waals surface area contributed by atoms with Crippen LogP contribution in [0.25, 0.3) is 0 Å². The summed E-state index contributed by atoms with van der Waals surface area (Å²) >= 11 is 0. The zero-order valence-electron chi connectivity index (χ0n) is 48.4. The van der Waals surface area contributed by atoms with E-state index in [4.69, 9.17) is 37.9 Å². The van der Waals surface area contributed by atoms with Gasteiger partial charge in [0.15, 0.2) is 26.4 Å². The van der Waals surface area contributed by atoms with Crippen molar-refractivity contribution in [1.82, 2.24) is 0 Å². The highest BCUT2D eigenvalue weighted by atomic mass is 16.6. The lowest BCUT2D eigenvalue weighted by molar-refractivity contribution is -0.146. The Bertz CT molecular complexity index is 2960. The van der Waals surface area contributed by atoms with Crippen molar-refractivity contribution in [2.24, 2.45) is 0 Å². The van der Waals surface area contributed by atoms with E-state index in [1.54, 1.807) is 27.7 Å². The van der Waals surface area contributed by atoms with Crippen LogP contribution in [0.5, 0.6) is 23.0 Å². The van der Waals surface area contributed by atoms with Crippen molar-refractivity contribution < 1.29 is 57.1 Å². The highest BCUT2D eigenvalue weighted by molar-refractivity contribution is 5.73. The average molecular weight is 1130 g/mol. The second-order valence-corrected chi connectivity index (χ2v) is 20.7. The molecule has 0 saturated carbocycles. The number of benzene rings is 8. The number of ether oxygens (including phenoxy) is 8. The van der Waals surface area contributed by atoms with E-state index >= 15 is 0 Å². The Morgan fingerprint density at radius 2 is 0.452 bits per heavy atom. The van der Waals surface area contributed by atoms with Crippen LogP contribution in [0.2, 0.25) is 0 Å². The number of carbonyl (C=O) groups excluding carboxylic acids is 4. The molecule has 0 N–H and O–H groups in total. The molecule has 0 fully saturated rings. The van der Waals surface area contributed by atoms with Gasteiger partial charge >= 0.3 is 23.9 Å². The molecule has 0 amide bonds. The Balaban J connectivity index is 1.38. The number of hydrogen-bond acceptors (Lipinski definition) is 12. The van der Waals surface area contributed by atoms with E-state index in [2.05, 4.69) is 97.1 Å². The minimum Gasteiger partial charge on any atom is -0.481 e. The normalized spacial score (nSPS) is 11.7. The zero-order chi connectivity index (χ0) is 58.6. The number of rotatable bonds is 24. The topological polar surface area (TPSA) is 142 Å². The third kappa shape index (κ3) is 16.5. The fraction of sp³-hybridized carbons (Fsp3) is 0.278. The summed E-state index contributed by atoms with van der Waals surface area (Å²) in [5.74, 6) is -0.259. The molecule has 12 nitrogen and oxygen atoms in total. The van der Waals surface area contributed by atoms with E-state index in [1.165, 1.54) is 0 Å². The summed E-state index contributed by atoms with van der Waals surface area (Å²) in [6.45, 7) is 6.18. The van der Waals surface area contributed by atoms with Crippen molar-refractivity contribution in [2.45, 2.75) is 79.1 Å². The molecular weight excluding hydrogens is 1060 g/mol. The quantitative estimate of drug-likeness (QED) is 0.0420. The Kier molecular flexibility index (Phi) is 21.0. The van der Waals surface area contributed by atoms with Gasteiger partial charge in [0.2, 0.25) is 0 Å². The molecule has 12 heteroatoms. The van der Waals surface area contributed by atoms with E-state index in [1.807, 2.05) is 72.8 Å². The first kappa shape index (κ1) is 59.5. The lowest BCUT2D eigenvalue weighted by atomic mass is 9.86. The monoisotopic (exact) mass is 1130 g/mol. The van der Waals surface area contributed by atoms with Gasteiger partial charge in [-0.3, -0.25) is 0 Å². The number of fused-ring (bicyclic) bond motifs is 8. The van der Waals surface area contributed by atoms with Gasteiger partial charge in [0.1, 0.15) is 23.0 Å². The van der Waals surface area contributed by atoms with E-state index in [0.717, 1.165) is 89.0 Å². The SMILES string of the molecule is CCOC(=O)COc1c2cc(Cc3ccccc3)cc1Cc1cc(Cc3ccccc3)cc(c1OCC(=O)OCC)Cc1cc(Cc3ccccc3)cc(c1OCC(=O)OCC)Cc1cc(Cc3ccccc3)cc(c1OCC(=O)OCC)C2. The van der Waals surface area contributed by atoms with Crippen LogP contribution in [-0.4, -0.2) is 76.7 Å². The molecule has 0 unspecified atom stereocenters. The largest absolute Gasteiger partial charge is 0.481 e. The Morgan fingerprint density at radius 1 is 0.274 bits per heavy atom. The first-order valence-electron chi connectivity index (χ1n) is 28.9. The molecule has 0 aliphatic heterocycles. The summed E-state index contributed by atoms with van der Waals surface area (Å²) in [6.07, 6.45) is 3.12. The molecule has 1 aliphatic carbocycles. The smallest absolute Gasteiger partial charge is 0.344 e. The van der Waals surface area contributed by atoms with E-state index in [0.29, 0.717) is 48.7 Å². The van der Waals surface area contributed by atoms with Crippen molar-refractivity contribution >= 4 is 23.9 Å². The van der Waals surface area contributed by atoms with E-state index < -0.39 is 23.9 Å². The lowest BCUT2D eigenvalue weighted by Gasteiger charge is -2.25. The van der Waals surface area contributed by atoms with Gasteiger partial charge in [-0.15, -0.1) is 0 Å². The molecule has 8 bridgehead atoms. The van der Waals surface area contributed by atoms with Crippen LogP contribution in [0.15, 0.2) is 170 Å². The zero-order valence-corrected chi connectivity index (χ0v) is 48.4. The fourth-order valence-corrected chi connectivity index (χ4v) is 11.0. The van der Waals surface area contributed by atoms with E-state index in [-0.39, 0.29) is 78.5 Å². The summed E-state index contributed by atoms with van der Waals surface area (Å²) in [7, 11) is 0. The van der Waals surface area contributed by atoms with Crippen molar-refractivity contribution in [3.63, 3.8) is 0 Å². The van der Waals surface area contributed by atoms with Gasteiger partial charge in [0, 0.05) is 25.7 Å². The van der Waals surface area contributed by atoms with Gasteiger partial charge in [-0.2, -0.15) is 0 Å². The molecule has 0 atom stereocenters. The molecule has 84 heavy (non-hydrogen) atoms. The van der Waals surface area contributed by atoms with Crippen LogP contribution >= 0.6 is 0 Å². The molecule has 432 valence electrons. The Hall–Kier alpha value is -9.16. The van der Waals surface area contributed by atoms with Gasteiger partial charge in [0.25, 0.3) is 0 Å². The molecular formula is C72H72O12. The molecule has 8 aromatic carbocycles. The lowest BCUT2D eigenvalue weighted by Crippen LogP contribution is -2.19. The molecule has 0 saturated heterocycles. The third-order valence-corrected chi connectivity index (χ3v) is 14.3. The van der Waals surface area contributed by atoms with Crippen LogP contribution in [-0.2, 0) is 89.5 Å². The minimum atomic E-state index is -0.533. The maximum Gasteiger partial charge on any atom is 0.344 e. The molecule has 9 rings (SSSR count). The highest BCUT2D eigenvalue weighted by Crippen LogP contribution is 2.42. The van der Waals surface area contributed by atoms with Crippen LogP contribution in [0, 0.1) is 0 Å². The van der Waals surface area contributed by atoms with Crippen LogP contribution in [0.4, 0.5) is 0 Å². The van der Waals surface area contributed by atoms with Crippen LogP contribution < -0.4 is 18.9 Å². The Labute approximate surface area is 492 Å². The maximum absolute atomic E-state index is 13.5.